The highest BCUT2D eigenvalue weighted by Crippen LogP contribution is 2.20. The number of nitrogens with two attached hydrogens (primary N) is 1. The SMILES string of the molecule is Cc1csc(C(N)c2cn(C)cn2)n1. The van der Waals surface area contributed by atoms with Crippen LogP contribution in [0.5, 0.6) is 0 Å². The second-order valence-electron chi connectivity index (χ2n) is 3.27. The van der Waals surface area contributed by atoms with E-state index in [4.69, 9.17) is 5.73 Å². The first kappa shape index (κ1) is 9.36. The summed E-state index contributed by atoms with van der Waals surface area (Å²) in [5.41, 5.74) is 7.89. The lowest BCUT2D eigenvalue weighted by Crippen LogP contribution is -2.11. The Morgan fingerprint density at radius 2 is 2.36 bits per heavy atom. The van der Waals surface area contributed by atoms with Crippen molar-refractivity contribution in [3.8, 4) is 0 Å². The number of hydrogen-bond donors (Lipinski definition) is 1. The largest absolute Gasteiger partial charge is 0.340 e. The molecule has 14 heavy (non-hydrogen) atoms. The molecule has 2 rings (SSSR count). The first-order valence-electron chi connectivity index (χ1n) is 4.32. The molecule has 0 saturated heterocycles. The summed E-state index contributed by atoms with van der Waals surface area (Å²) in [6, 6.07) is -0.199. The van der Waals surface area contributed by atoms with E-state index < -0.39 is 0 Å². The Labute approximate surface area is 86.4 Å². The van der Waals surface area contributed by atoms with Gasteiger partial charge in [0.15, 0.2) is 0 Å². The van der Waals surface area contributed by atoms with Crippen molar-refractivity contribution in [2.24, 2.45) is 12.8 Å². The molecule has 2 N–H and O–H groups in total. The van der Waals surface area contributed by atoms with E-state index in [0.717, 1.165) is 16.4 Å². The summed E-state index contributed by atoms with van der Waals surface area (Å²) in [5.74, 6) is 0. The highest BCUT2D eigenvalue weighted by atomic mass is 32.1. The van der Waals surface area contributed by atoms with E-state index in [0.29, 0.717) is 0 Å². The van der Waals surface area contributed by atoms with Crippen LogP contribution >= 0.6 is 11.3 Å². The van der Waals surface area contributed by atoms with Crippen LogP contribution in [0.4, 0.5) is 0 Å². The quantitative estimate of drug-likeness (QED) is 0.807. The molecule has 5 heteroatoms. The Kier molecular flexibility index (Phi) is 2.35. The maximum absolute atomic E-state index is 6.02. The molecule has 2 heterocycles. The Morgan fingerprint density at radius 1 is 1.57 bits per heavy atom. The maximum atomic E-state index is 6.02. The summed E-state index contributed by atoms with van der Waals surface area (Å²) in [5, 5.41) is 2.92. The minimum absolute atomic E-state index is 0.199. The molecular formula is C9H12N4S. The van der Waals surface area contributed by atoms with Crippen LogP contribution in [0.2, 0.25) is 0 Å². The van der Waals surface area contributed by atoms with Gasteiger partial charge in [0, 0.05) is 24.3 Å². The van der Waals surface area contributed by atoms with Crippen molar-refractivity contribution < 1.29 is 0 Å². The molecular weight excluding hydrogens is 196 g/mol. The van der Waals surface area contributed by atoms with E-state index in [1.54, 1.807) is 17.7 Å². The van der Waals surface area contributed by atoms with Gasteiger partial charge in [-0.25, -0.2) is 9.97 Å². The number of nitrogens with zero attached hydrogens (tertiary/aromatic N) is 3. The minimum atomic E-state index is -0.199. The van der Waals surface area contributed by atoms with Crippen molar-refractivity contribution >= 4 is 11.3 Å². The molecule has 0 bridgehead atoms. The summed E-state index contributed by atoms with van der Waals surface area (Å²) < 4.78 is 1.88. The molecule has 2 aromatic heterocycles. The first-order valence-corrected chi connectivity index (χ1v) is 5.20. The third kappa shape index (κ3) is 1.69. The zero-order valence-corrected chi connectivity index (χ0v) is 8.95. The Hall–Kier alpha value is -1.20. The Balaban J connectivity index is 2.28. The topological polar surface area (TPSA) is 56.7 Å². The molecule has 0 amide bonds. The number of thiazole rings is 1. The van der Waals surface area contributed by atoms with Crippen LogP contribution in [-0.2, 0) is 7.05 Å². The monoisotopic (exact) mass is 208 g/mol. The summed E-state index contributed by atoms with van der Waals surface area (Å²) >= 11 is 1.58. The van der Waals surface area contributed by atoms with Crippen molar-refractivity contribution in [3.63, 3.8) is 0 Å². The molecule has 0 aromatic carbocycles. The lowest BCUT2D eigenvalue weighted by Gasteiger charge is -2.03. The van der Waals surface area contributed by atoms with Gasteiger partial charge in [0.2, 0.25) is 0 Å². The van der Waals surface area contributed by atoms with E-state index >= 15 is 0 Å². The fourth-order valence-electron chi connectivity index (χ4n) is 1.24. The van der Waals surface area contributed by atoms with Gasteiger partial charge in [-0.2, -0.15) is 0 Å². The summed E-state index contributed by atoms with van der Waals surface area (Å²) in [4.78, 5) is 8.55. The van der Waals surface area contributed by atoms with Crippen LogP contribution in [0.3, 0.4) is 0 Å². The van der Waals surface area contributed by atoms with Gasteiger partial charge in [0.1, 0.15) is 11.0 Å². The van der Waals surface area contributed by atoms with Crippen molar-refractivity contribution in [2.45, 2.75) is 13.0 Å². The molecule has 0 fully saturated rings. The van der Waals surface area contributed by atoms with Gasteiger partial charge in [-0.3, -0.25) is 0 Å². The summed E-state index contributed by atoms with van der Waals surface area (Å²) in [6.07, 6.45) is 3.66. The van der Waals surface area contributed by atoms with Gasteiger partial charge in [-0.15, -0.1) is 11.3 Å². The van der Waals surface area contributed by atoms with Gasteiger partial charge < -0.3 is 10.3 Å². The predicted octanol–water partition coefficient (Wildman–Crippen LogP) is 1.23. The second-order valence-corrected chi connectivity index (χ2v) is 4.16. The molecule has 0 saturated carbocycles. The molecule has 1 unspecified atom stereocenters. The first-order chi connectivity index (χ1) is 6.66. The van der Waals surface area contributed by atoms with E-state index in [2.05, 4.69) is 9.97 Å². The van der Waals surface area contributed by atoms with Crippen molar-refractivity contribution in [2.75, 3.05) is 0 Å². The third-order valence-electron chi connectivity index (χ3n) is 1.95. The van der Waals surface area contributed by atoms with Gasteiger partial charge in [-0.1, -0.05) is 0 Å². The molecule has 0 radical (unpaired) electrons. The number of imidazole rings is 1. The number of rotatable bonds is 2. The van der Waals surface area contributed by atoms with Crippen LogP contribution in [0.1, 0.15) is 22.4 Å². The van der Waals surface area contributed by atoms with E-state index in [-0.39, 0.29) is 6.04 Å². The molecule has 0 aliphatic rings. The maximum Gasteiger partial charge on any atom is 0.116 e. The van der Waals surface area contributed by atoms with E-state index in [1.165, 1.54) is 0 Å². The highest BCUT2D eigenvalue weighted by molar-refractivity contribution is 7.09. The van der Waals surface area contributed by atoms with Gasteiger partial charge in [-0.05, 0) is 6.92 Å². The number of aromatic nitrogens is 3. The van der Waals surface area contributed by atoms with E-state index in [9.17, 15) is 0 Å². The molecule has 1 atom stereocenters. The Bertz CT molecular complexity index is 391. The van der Waals surface area contributed by atoms with Gasteiger partial charge >= 0.3 is 0 Å². The predicted molar refractivity (Wildman–Crippen MR) is 56.1 cm³/mol. The zero-order valence-electron chi connectivity index (χ0n) is 8.14. The van der Waals surface area contributed by atoms with Crippen molar-refractivity contribution in [1.29, 1.82) is 0 Å². The number of aryl methyl sites for hydroxylation is 2. The molecule has 4 nitrogen and oxygen atoms in total. The smallest absolute Gasteiger partial charge is 0.116 e. The standard InChI is InChI=1S/C9H12N4S/c1-6-4-14-9(12-6)8(10)7-3-13(2)5-11-7/h3-5,8H,10H2,1-2H3. The van der Waals surface area contributed by atoms with Gasteiger partial charge in [0.25, 0.3) is 0 Å². The van der Waals surface area contributed by atoms with Crippen LogP contribution in [0.15, 0.2) is 17.9 Å². The fourth-order valence-corrected chi connectivity index (χ4v) is 2.04. The summed E-state index contributed by atoms with van der Waals surface area (Å²) in [6.45, 7) is 1.96. The Morgan fingerprint density at radius 3 is 2.86 bits per heavy atom. The van der Waals surface area contributed by atoms with Crippen LogP contribution < -0.4 is 5.73 Å². The van der Waals surface area contributed by atoms with Crippen LogP contribution in [0, 0.1) is 6.92 Å². The highest BCUT2D eigenvalue weighted by Gasteiger charge is 2.14. The molecule has 74 valence electrons. The summed E-state index contributed by atoms with van der Waals surface area (Å²) in [7, 11) is 1.93. The molecule has 0 spiro atoms. The van der Waals surface area contributed by atoms with E-state index in [1.807, 2.05) is 30.1 Å². The number of hydrogen-bond acceptors (Lipinski definition) is 4. The van der Waals surface area contributed by atoms with Gasteiger partial charge in [0.05, 0.1) is 12.0 Å². The lowest BCUT2D eigenvalue weighted by molar-refractivity contribution is 0.820. The second kappa shape index (κ2) is 3.51. The third-order valence-corrected chi connectivity index (χ3v) is 2.99. The van der Waals surface area contributed by atoms with Crippen LogP contribution in [0.25, 0.3) is 0 Å². The molecule has 0 aliphatic carbocycles. The average Bonchev–Trinajstić information content (AvgIpc) is 2.73. The molecule has 2 aromatic rings. The minimum Gasteiger partial charge on any atom is -0.340 e. The zero-order chi connectivity index (χ0) is 10.1. The lowest BCUT2D eigenvalue weighted by atomic mass is 10.2. The normalized spacial score (nSPS) is 13.1. The molecule has 0 aliphatic heterocycles. The van der Waals surface area contributed by atoms with Crippen LogP contribution in [-0.4, -0.2) is 14.5 Å². The van der Waals surface area contributed by atoms with Crippen molar-refractivity contribution in [3.05, 3.63) is 34.3 Å². The fraction of sp³-hybridized carbons (Fsp3) is 0.333. The average molecular weight is 208 g/mol. The van der Waals surface area contributed by atoms with Crippen molar-refractivity contribution in [1.82, 2.24) is 14.5 Å².